The molecule has 0 saturated carbocycles. The summed E-state index contributed by atoms with van der Waals surface area (Å²) < 4.78 is 0. The average molecular weight is 344 g/mol. The predicted molar refractivity (Wildman–Crippen MR) is 111 cm³/mol. The smallest absolute Gasteiger partial charge is 0.130 e. The lowest BCUT2D eigenvalue weighted by molar-refractivity contribution is 0.956. The van der Waals surface area contributed by atoms with Gasteiger partial charge in [-0.15, -0.1) is 0 Å². The number of para-hydroxylation sites is 1. The molecule has 0 amide bonds. The van der Waals surface area contributed by atoms with Gasteiger partial charge in [0.2, 0.25) is 0 Å². The summed E-state index contributed by atoms with van der Waals surface area (Å²) in [6, 6.07) is 19.0. The zero-order valence-electron chi connectivity index (χ0n) is 15.6. The molecule has 1 aromatic heterocycles. The molecule has 2 aromatic carbocycles. The first-order valence-electron chi connectivity index (χ1n) is 9.11. The van der Waals surface area contributed by atoms with Gasteiger partial charge in [-0.3, -0.25) is 0 Å². The number of amidine groups is 1. The van der Waals surface area contributed by atoms with Crippen LogP contribution in [0.2, 0.25) is 0 Å². The van der Waals surface area contributed by atoms with Crippen molar-refractivity contribution in [3.05, 3.63) is 60.2 Å². The van der Waals surface area contributed by atoms with E-state index < -0.39 is 0 Å². The maximum absolute atomic E-state index is 5.09. The van der Waals surface area contributed by atoms with Gasteiger partial charge in [-0.05, 0) is 37.1 Å². The molecule has 0 radical (unpaired) electrons. The Bertz CT molecular complexity index is 975. The van der Waals surface area contributed by atoms with Crippen molar-refractivity contribution < 1.29 is 0 Å². The van der Waals surface area contributed by atoms with E-state index in [2.05, 4.69) is 60.4 Å². The molecule has 132 valence electrons. The van der Waals surface area contributed by atoms with E-state index in [0.717, 1.165) is 47.6 Å². The molecule has 0 bridgehead atoms. The number of fused-ring (bicyclic) bond motifs is 1. The molecule has 0 aliphatic carbocycles. The summed E-state index contributed by atoms with van der Waals surface area (Å²) in [4.78, 5) is 14.2. The molecule has 4 rings (SSSR count). The Balaban J connectivity index is 1.82. The summed E-state index contributed by atoms with van der Waals surface area (Å²) in [5.74, 6) is 2.07. The number of pyridine rings is 1. The van der Waals surface area contributed by atoms with Crippen LogP contribution in [0.3, 0.4) is 0 Å². The third-order valence-electron chi connectivity index (χ3n) is 4.80. The van der Waals surface area contributed by atoms with Gasteiger partial charge < -0.3 is 9.80 Å². The SMILES string of the molecule is Cc1cccc(N2CCCC2=Nc2cc(N(C)C)nc3ccccc23)c1. The van der Waals surface area contributed by atoms with Crippen molar-refractivity contribution in [2.45, 2.75) is 19.8 Å². The summed E-state index contributed by atoms with van der Waals surface area (Å²) >= 11 is 0. The number of benzene rings is 2. The van der Waals surface area contributed by atoms with Crippen LogP contribution in [0.15, 0.2) is 59.6 Å². The molecule has 1 saturated heterocycles. The molecule has 1 aliphatic rings. The van der Waals surface area contributed by atoms with E-state index in [1.165, 1.54) is 11.3 Å². The predicted octanol–water partition coefficient (Wildman–Crippen LogP) is 4.94. The number of aromatic nitrogens is 1. The van der Waals surface area contributed by atoms with Crippen LogP contribution < -0.4 is 9.80 Å². The van der Waals surface area contributed by atoms with Gasteiger partial charge >= 0.3 is 0 Å². The minimum absolute atomic E-state index is 0.933. The summed E-state index contributed by atoms with van der Waals surface area (Å²) in [6.07, 6.45) is 2.14. The number of hydrogen-bond donors (Lipinski definition) is 0. The number of anilines is 2. The largest absolute Gasteiger partial charge is 0.363 e. The Hall–Kier alpha value is -2.88. The summed E-state index contributed by atoms with van der Waals surface area (Å²) in [7, 11) is 4.03. The molecule has 26 heavy (non-hydrogen) atoms. The molecular weight excluding hydrogens is 320 g/mol. The number of aliphatic imine (C=N–C) groups is 1. The highest BCUT2D eigenvalue weighted by molar-refractivity contribution is 6.03. The fourth-order valence-electron chi connectivity index (χ4n) is 3.45. The van der Waals surface area contributed by atoms with Crippen LogP contribution in [-0.4, -0.2) is 31.5 Å². The second-order valence-corrected chi connectivity index (χ2v) is 7.03. The van der Waals surface area contributed by atoms with Gasteiger partial charge in [0.25, 0.3) is 0 Å². The quantitative estimate of drug-likeness (QED) is 0.674. The van der Waals surface area contributed by atoms with Crippen LogP contribution in [-0.2, 0) is 0 Å². The topological polar surface area (TPSA) is 31.7 Å². The van der Waals surface area contributed by atoms with Gasteiger partial charge in [0, 0.05) is 44.2 Å². The van der Waals surface area contributed by atoms with Crippen molar-refractivity contribution in [2.24, 2.45) is 4.99 Å². The van der Waals surface area contributed by atoms with Gasteiger partial charge in [-0.2, -0.15) is 0 Å². The third-order valence-corrected chi connectivity index (χ3v) is 4.80. The van der Waals surface area contributed by atoms with Crippen molar-refractivity contribution in [3.63, 3.8) is 0 Å². The molecule has 0 spiro atoms. The lowest BCUT2D eigenvalue weighted by Gasteiger charge is -2.20. The molecule has 4 heteroatoms. The van der Waals surface area contributed by atoms with E-state index in [4.69, 9.17) is 9.98 Å². The highest BCUT2D eigenvalue weighted by Crippen LogP contribution is 2.31. The Morgan fingerprint density at radius 3 is 2.69 bits per heavy atom. The third kappa shape index (κ3) is 3.15. The van der Waals surface area contributed by atoms with Crippen LogP contribution in [0, 0.1) is 6.92 Å². The van der Waals surface area contributed by atoms with Crippen molar-refractivity contribution in [1.29, 1.82) is 0 Å². The zero-order valence-corrected chi connectivity index (χ0v) is 15.6. The second-order valence-electron chi connectivity index (χ2n) is 7.03. The standard InChI is InChI=1S/C22H24N4/c1-16-8-6-9-17(14-16)26-13-7-12-21(26)24-20-15-22(25(2)3)23-19-11-5-4-10-18(19)20/h4-6,8-11,14-15H,7,12-13H2,1-3H3. The van der Waals surface area contributed by atoms with E-state index in [0.29, 0.717) is 0 Å². The summed E-state index contributed by atoms with van der Waals surface area (Å²) in [5, 5.41) is 1.10. The van der Waals surface area contributed by atoms with Crippen LogP contribution in [0.5, 0.6) is 0 Å². The average Bonchev–Trinajstić information content (AvgIpc) is 3.09. The molecule has 3 aromatic rings. The Kier molecular flexibility index (Phi) is 4.33. The Labute approximate surface area is 154 Å². The Morgan fingerprint density at radius 1 is 1.04 bits per heavy atom. The fourth-order valence-corrected chi connectivity index (χ4v) is 3.45. The van der Waals surface area contributed by atoms with Crippen molar-refractivity contribution >= 4 is 33.9 Å². The van der Waals surface area contributed by atoms with Crippen LogP contribution in [0.1, 0.15) is 18.4 Å². The van der Waals surface area contributed by atoms with Gasteiger partial charge in [0.1, 0.15) is 11.7 Å². The summed E-state index contributed by atoms with van der Waals surface area (Å²) in [6.45, 7) is 3.15. The van der Waals surface area contributed by atoms with Crippen LogP contribution in [0.25, 0.3) is 10.9 Å². The van der Waals surface area contributed by atoms with E-state index in [1.807, 2.05) is 25.1 Å². The van der Waals surface area contributed by atoms with Crippen LogP contribution in [0.4, 0.5) is 17.2 Å². The number of nitrogens with zero attached hydrogens (tertiary/aromatic N) is 4. The fraction of sp³-hybridized carbons (Fsp3) is 0.273. The molecule has 0 unspecified atom stereocenters. The zero-order chi connectivity index (χ0) is 18.1. The normalized spacial score (nSPS) is 15.8. The molecular formula is C22H24N4. The Morgan fingerprint density at radius 2 is 1.88 bits per heavy atom. The number of rotatable bonds is 3. The van der Waals surface area contributed by atoms with Crippen molar-refractivity contribution in [3.8, 4) is 0 Å². The molecule has 1 fully saturated rings. The van der Waals surface area contributed by atoms with E-state index in [1.54, 1.807) is 0 Å². The minimum atomic E-state index is 0.933. The monoisotopic (exact) mass is 344 g/mol. The van der Waals surface area contributed by atoms with E-state index >= 15 is 0 Å². The molecule has 2 heterocycles. The van der Waals surface area contributed by atoms with Gasteiger partial charge in [0.05, 0.1) is 11.2 Å². The maximum atomic E-state index is 5.09. The number of aryl methyl sites for hydroxylation is 1. The highest BCUT2D eigenvalue weighted by atomic mass is 15.2. The molecule has 0 N–H and O–H groups in total. The summed E-state index contributed by atoms with van der Waals surface area (Å²) in [5.41, 5.74) is 4.48. The van der Waals surface area contributed by atoms with Gasteiger partial charge in [0.15, 0.2) is 0 Å². The first kappa shape index (κ1) is 16.6. The van der Waals surface area contributed by atoms with Crippen molar-refractivity contribution in [2.75, 3.05) is 30.4 Å². The molecule has 0 atom stereocenters. The van der Waals surface area contributed by atoms with Gasteiger partial charge in [-0.1, -0.05) is 30.3 Å². The van der Waals surface area contributed by atoms with Crippen molar-refractivity contribution in [1.82, 2.24) is 4.98 Å². The van der Waals surface area contributed by atoms with E-state index in [9.17, 15) is 0 Å². The minimum Gasteiger partial charge on any atom is -0.363 e. The number of hydrogen-bond acceptors (Lipinski definition) is 3. The first-order chi connectivity index (χ1) is 12.6. The highest BCUT2D eigenvalue weighted by Gasteiger charge is 2.21. The molecule has 1 aliphatic heterocycles. The lowest BCUT2D eigenvalue weighted by atomic mass is 10.2. The van der Waals surface area contributed by atoms with E-state index in [-0.39, 0.29) is 0 Å². The second kappa shape index (κ2) is 6.79. The molecule has 4 nitrogen and oxygen atoms in total. The first-order valence-corrected chi connectivity index (χ1v) is 9.11. The van der Waals surface area contributed by atoms with Gasteiger partial charge in [-0.25, -0.2) is 9.98 Å². The maximum Gasteiger partial charge on any atom is 0.130 e. The van der Waals surface area contributed by atoms with Crippen LogP contribution >= 0.6 is 0 Å². The lowest BCUT2D eigenvalue weighted by Crippen LogP contribution is -2.24.